The molecule has 2 amide bonds. The molecule has 103 heavy (non-hydrogen) atoms. The van der Waals surface area contributed by atoms with Crippen molar-refractivity contribution < 1.29 is 72.4 Å². The maximum atomic E-state index is 16.5. The highest BCUT2D eigenvalue weighted by Crippen LogP contribution is 2.50. The van der Waals surface area contributed by atoms with Gasteiger partial charge in [-0.3, -0.25) is 39.4 Å². The number of methoxy groups -OCH3 is 2. The van der Waals surface area contributed by atoms with Gasteiger partial charge >= 0.3 is 11.9 Å². The largest absolute Gasteiger partial charge is 0.492 e. The fourth-order valence-electron chi connectivity index (χ4n) is 14.5. The van der Waals surface area contributed by atoms with E-state index in [0.29, 0.717) is 82.6 Å². The van der Waals surface area contributed by atoms with Crippen molar-refractivity contribution in [3.63, 3.8) is 0 Å². The van der Waals surface area contributed by atoms with Crippen LogP contribution in [0, 0.1) is 71.4 Å². The number of aryl methyl sites for hydroxylation is 2. The van der Waals surface area contributed by atoms with E-state index < -0.39 is 102 Å². The summed E-state index contributed by atoms with van der Waals surface area (Å²) in [6, 6.07) is 8.17. The lowest BCUT2D eigenvalue weighted by molar-refractivity contribution is -0.385. The Balaban J connectivity index is 0.000000185. The maximum absolute atomic E-state index is 16.5. The molecule has 27 nitrogen and oxygen atoms in total. The monoisotopic (exact) mass is 1510 g/mol. The summed E-state index contributed by atoms with van der Waals surface area (Å²) in [7, 11) is 2.95. The van der Waals surface area contributed by atoms with Crippen LogP contribution in [0.1, 0.15) is 144 Å². The molecule has 6 heterocycles. The number of ether oxygens (including phenoxy) is 3. The van der Waals surface area contributed by atoms with Crippen molar-refractivity contribution in [2.75, 3.05) is 76.5 Å². The minimum Gasteiger partial charge on any atom is -0.492 e. The van der Waals surface area contributed by atoms with Gasteiger partial charge in [-0.15, -0.1) is 0 Å². The van der Waals surface area contributed by atoms with Crippen LogP contribution in [-0.4, -0.2) is 163 Å². The number of aliphatic hydroxyl groups excluding tert-OH is 3. The number of aromatic nitrogens is 2. The highest BCUT2D eigenvalue weighted by molar-refractivity contribution is 6.58. The van der Waals surface area contributed by atoms with Crippen LogP contribution in [0.25, 0.3) is 21.8 Å². The van der Waals surface area contributed by atoms with Gasteiger partial charge in [0, 0.05) is 97.1 Å². The second-order valence-corrected chi connectivity index (χ2v) is 30.6. The summed E-state index contributed by atoms with van der Waals surface area (Å²) >= 11 is 23.2. The molecular formula is C70H82Cl4F2N10O17. The van der Waals surface area contributed by atoms with Crippen LogP contribution in [0.4, 0.5) is 31.5 Å². The topological polar surface area (TPSA) is 362 Å². The number of non-ortho nitro benzene ring substituents is 2. The number of alkyl halides is 4. The molecule has 0 spiro atoms. The van der Waals surface area contributed by atoms with E-state index in [0.717, 1.165) is 71.0 Å². The molecule has 4 aromatic carbocycles. The highest BCUT2D eigenvalue weighted by atomic mass is 35.5. The molecule has 12 rings (SSSR count). The van der Waals surface area contributed by atoms with E-state index in [1.165, 1.54) is 83.5 Å². The molecule has 0 radical (unpaired) electrons. The van der Waals surface area contributed by atoms with Crippen molar-refractivity contribution in [1.82, 2.24) is 30.4 Å². The number of carbonyl (C=O) groups excluding carboxylic acids is 3. The number of carboxylic acid groups (broad SMARTS) is 1. The maximum Gasteiger partial charge on any atom is 0.344 e. The van der Waals surface area contributed by atoms with E-state index in [-0.39, 0.29) is 73.8 Å². The number of carbonyl (C=O) groups is 4. The number of pyridine rings is 2. The van der Waals surface area contributed by atoms with Crippen molar-refractivity contribution in [2.45, 2.75) is 150 Å². The lowest BCUT2D eigenvalue weighted by Gasteiger charge is -2.28. The average Bonchev–Trinajstić information content (AvgIpc) is 1.70. The number of nitro benzene ring substituents is 2. The van der Waals surface area contributed by atoms with Gasteiger partial charge in [0.2, 0.25) is 10.9 Å². The normalized spacial score (nSPS) is 19.9. The lowest BCUT2D eigenvalue weighted by atomic mass is 9.94. The lowest BCUT2D eigenvalue weighted by Crippen LogP contribution is -2.48. The van der Waals surface area contributed by atoms with E-state index in [1.807, 2.05) is 18.9 Å². The summed E-state index contributed by atoms with van der Waals surface area (Å²) in [5.74, 6) is -3.73. The number of halogens is 6. The Labute approximate surface area is 609 Å². The highest BCUT2D eigenvalue weighted by Gasteiger charge is 2.43. The molecule has 2 aliphatic carbocycles. The first-order valence-electron chi connectivity index (χ1n) is 33.7. The minimum absolute atomic E-state index is 0.00287. The summed E-state index contributed by atoms with van der Waals surface area (Å²) in [5.41, 5.74) is 0.708. The van der Waals surface area contributed by atoms with Crippen molar-refractivity contribution in [3.8, 4) is 11.5 Å². The molecule has 0 bridgehead atoms. The van der Waals surface area contributed by atoms with Crippen LogP contribution >= 0.6 is 46.4 Å². The first-order valence-corrected chi connectivity index (χ1v) is 35.3. The Morgan fingerprint density at radius 2 is 1.01 bits per heavy atom. The smallest absolute Gasteiger partial charge is 0.344 e. The standard InChI is InChI=1S/C35H40Cl2FN5O8.C23H28FN3O4.C12H14Cl2N2O5/c1-17-25-28(32(50-4)29(27(17)38)41-14-20-6-5-13-39-23(20)15-41)42(21-11-12-21)18(2)26(31(25)45)33(46)51-16-24(40-34(47)35(3,36)37)30(44)19-7-9-22(10-8-19)43(48)49;1-11-16-19(27(14-6-7-14)12(2)17(21(16)28)23(29)30)22(31-3)20(18(11)24)26-9-13-5-4-8-25-15(13)10-26;1-12(13,14)11(19)15-9(6-17)10(18)7-2-4-8(5-3-7)16(20)21/h7-10,20-21,23-24,30,39,44H,5-6,11-16H2,1-4H3,(H,40,47);13-15,25H,4-10H2,1-3H3,(H,29,30);2-5,9-10,17-18H,6H2,1H3,(H,15,19)/t20?,23?,24-,30-;;9-,10-/m1.1/s1. The van der Waals surface area contributed by atoms with Gasteiger partial charge in [0.1, 0.15) is 41.3 Å². The van der Waals surface area contributed by atoms with Crippen LogP contribution in [0.15, 0.2) is 58.1 Å². The summed E-state index contributed by atoms with van der Waals surface area (Å²) in [4.78, 5) is 102. The summed E-state index contributed by atoms with van der Waals surface area (Å²) in [6.07, 6.45) is 4.83. The molecule has 6 aliphatic rings. The van der Waals surface area contributed by atoms with E-state index in [2.05, 4.69) is 21.3 Å². The second-order valence-electron chi connectivity index (χ2n) is 27.2. The third-order valence-corrected chi connectivity index (χ3v) is 20.8. The quantitative estimate of drug-likeness (QED) is 0.0144. The van der Waals surface area contributed by atoms with Crippen LogP contribution in [-0.2, 0) is 14.3 Å². The molecule has 6 aromatic rings. The molecule has 33 heteroatoms. The fourth-order valence-corrected chi connectivity index (χ4v) is 14.8. The van der Waals surface area contributed by atoms with Gasteiger partial charge in [0.15, 0.2) is 31.8 Å². The summed E-state index contributed by atoms with van der Waals surface area (Å²) < 4.78 is 49.8. The average molecular weight is 1520 g/mol. The second kappa shape index (κ2) is 31.4. The van der Waals surface area contributed by atoms with Crippen molar-refractivity contribution in [1.29, 1.82) is 0 Å². The molecule has 2 saturated carbocycles. The van der Waals surface area contributed by atoms with Gasteiger partial charge in [-0.05, 0) is 153 Å². The SMILES string of the molecule is CC(Cl)(Cl)C(=O)N[C@H](CO)[C@H](O)c1ccc([N+](=O)[O-])cc1.COc1c(N2CC3CCCNC3C2)c(F)c(C)c2c(=O)c(C(=O)O)c(C)n(C3CC3)c12.COc1c(N2CC3CCCNC3C2)c(F)c(C)c2c(=O)c(C(=O)OC[C@@H](NC(=O)C(C)(Cl)Cl)[C@H](O)c3ccc([N+](=O)[O-])cc3)c(C)n(C3CC3)c12. The molecule has 8 N–H and O–H groups in total. The van der Waals surface area contributed by atoms with Gasteiger partial charge in [0.05, 0.1) is 64.6 Å². The van der Waals surface area contributed by atoms with Crippen molar-refractivity contribution in [3.05, 3.63) is 146 Å². The number of aliphatic hydroxyl groups is 3. The number of nitrogens with zero attached hydrogens (tertiary/aromatic N) is 6. The number of esters is 1. The Kier molecular flexibility index (Phi) is 23.6. The predicted octanol–water partition coefficient (Wildman–Crippen LogP) is 9.05. The first-order chi connectivity index (χ1) is 48.6. The van der Waals surface area contributed by atoms with Crippen LogP contribution in [0.3, 0.4) is 0 Å². The molecule has 6 fully saturated rings. The molecule has 4 unspecified atom stereocenters. The zero-order chi connectivity index (χ0) is 75.2. The van der Waals surface area contributed by atoms with Gasteiger partial charge in [-0.2, -0.15) is 0 Å². The first kappa shape index (κ1) is 77.6. The number of nitrogens with one attached hydrogen (secondary N) is 4. The Morgan fingerprint density at radius 3 is 1.36 bits per heavy atom. The van der Waals surface area contributed by atoms with E-state index in [1.54, 1.807) is 20.8 Å². The van der Waals surface area contributed by atoms with Crippen LogP contribution < -0.4 is 51.4 Å². The van der Waals surface area contributed by atoms with Gasteiger partial charge in [0.25, 0.3) is 23.2 Å². The fraction of sp³-hybridized carbons (Fsp3) is 0.514. The number of aromatic carboxylic acids is 1. The van der Waals surface area contributed by atoms with Crippen LogP contribution in [0.2, 0.25) is 0 Å². The number of hydrogen-bond donors (Lipinski definition) is 8. The molecule has 2 aromatic heterocycles. The number of amides is 2. The van der Waals surface area contributed by atoms with Crippen LogP contribution in [0.5, 0.6) is 11.5 Å². The molecular weight excluding hydrogens is 1430 g/mol. The number of hydrogen-bond acceptors (Lipinski definition) is 20. The number of rotatable bonds is 21. The van der Waals surface area contributed by atoms with E-state index in [9.17, 15) is 69.4 Å². The predicted molar refractivity (Wildman–Crippen MR) is 383 cm³/mol. The Hall–Kier alpha value is -8.00. The minimum atomic E-state index is -1.92. The molecule has 4 aliphatic heterocycles. The van der Waals surface area contributed by atoms with Gasteiger partial charge in [-0.1, -0.05) is 46.4 Å². The molecule has 556 valence electrons. The van der Waals surface area contributed by atoms with E-state index in [4.69, 9.17) is 60.6 Å². The Morgan fingerprint density at radius 1 is 0.631 bits per heavy atom. The number of nitro groups is 2. The molecule has 8 atom stereocenters. The zero-order valence-electron chi connectivity index (χ0n) is 57.8. The van der Waals surface area contributed by atoms with Gasteiger partial charge in [-0.25, -0.2) is 18.4 Å². The number of anilines is 2. The van der Waals surface area contributed by atoms with Gasteiger partial charge < -0.3 is 74.8 Å². The van der Waals surface area contributed by atoms with Crippen molar-refractivity contribution in [2.24, 2.45) is 11.8 Å². The summed E-state index contributed by atoms with van der Waals surface area (Å²) in [5, 5.41) is 73.9. The third-order valence-electron chi connectivity index (χ3n) is 20.1. The Bertz CT molecular complexity index is 4400. The number of fused-ring (bicyclic) bond motifs is 4. The number of piperidine rings is 2. The van der Waals surface area contributed by atoms with E-state index >= 15 is 8.78 Å². The zero-order valence-corrected chi connectivity index (χ0v) is 60.8. The number of benzene rings is 4. The van der Waals surface area contributed by atoms with Crippen molar-refractivity contribution >= 4 is 115 Å². The third kappa shape index (κ3) is 16.0. The summed E-state index contributed by atoms with van der Waals surface area (Å²) in [6.45, 7) is 12.2. The number of carboxylic acids is 1. The molecule has 4 saturated heterocycles.